The molecule has 2 aromatic carbocycles. The number of hydrogen-bond donors (Lipinski definition) is 3. The third kappa shape index (κ3) is 6.19. The molecule has 4 N–H and O–H groups in total. The molecule has 0 aliphatic rings. The average Bonchev–Trinajstić information content (AvgIpc) is 2.72. The van der Waals surface area contributed by atoms with E-state index in [2.05, 4.69) is 5.32 Å². The number of carbonyl (C=O) groups excluding carboxylic acids is 1. The number of nitrogen functional groups attached to an aromatic ring is 1. The predicted molar refractivity (Wildman–Crippen MR) is 109 cm³/mol. The standard InChI is InChI=1S/C21H27N3O4/c1-24-21(25)16-8-11-18(19(14-16)26-2)28-13-5-3-4-12-27-17-9-6-15(7-10-17)20(22)23/h6-11,14H,3-5,12-13H2,1-2H3,(H3,22,23)(H,24,25). The van der Waals surface area contributed by atoms with Gasteiger partial charge >= 0.3 is 0 Å². The smallest absolute Gasteiger partial charge is 0.251 e. The van der Waals surface area contributed by atoms with Crippen molar-refractivity contribution in [3.8, 4) is 17.2 Å². The van der Waals surface area contributed by atoms with Crippen LogP contribution in [0.5, 0.6) is 17.2 Å². The number of rotatable bonds is 11. The highest BCUT2D eigenvalue weighted by atomic mass is 16.5. The highest BCUT2D eigenvalue weighted by Crippen LogP contribution is 2.28. The minimum Gasteiger partial charge on any atom is -0.494 e. The first-order valence-electron chi connectivity index (χ1n) is 9.15. The van der Waals surface area contributed by atoms with Gasteiger partial charge in [0.05, 0.1) is 20.3 Å². The lowest BCUT2D eigenvalue weighted by molar-refractivity contribution is 0.0962. The summed E-state index contributed by atoms with van der Waals surface area (Å²) in [5, 5.41) is 9.94. The van der Waals surface area contributed by atoms with Crippen molar-refractivity contribution >= 4 is 11.7 Å². The highest BCUT2D eigenvalue weighted by molar-refractivity contribution is 5.95. The van der Waals surface area contributed by atoms with Gasteiger partial charge < -0.3 is 25.3 Å². The maximum absolute atomic E-state index is 11.7. The first-order valence-corrected chi connectivity index (χ1v) is 9.15. The van der Waals surface area contributed by atoms with Gasteiger partial charge in [-0.05, 0) is 61.7 Å². The summed E-state index contributed by atoms with van der Waals surface area (Å²) in [4.78, 5) is 11.7. The third-order valence-corrected chi connectivity index (χ3v) is 4.13. The molecule has 0 aliphatic heterocycles. The van der Waals surface area contributed by atoms with Gasteiger partial charge in [0.2, 0.25) is 0 Å². The molecule has 7 heteroatoms. The Labute approximate surface area is 165 Å². The van der Waals surface area contributed by atoms with E-state index in [9.17, 15) is 4.79 Å². The number of carbonyl (C=O) groups is 1. The zero-order valence-corrected chi connectivity index (χ0v) is 16.3. The van der Waals surface area contributed by atoms with E-state index in [0.29, 0.717) is 35.8 Å². The number of amidine groups is 1. The fourth-order valence-corrected chi connectivity index (χ4v) is 2.56. The number of amides is 1. The Morgan fingerprint density at radius 1 is 0.964 bits per heavy atom. The minimum absolute atomic E-state index is 0.0476. The van der Waals surface area contributed by atoms with E-state index in [1.54, 1.807) is 44.5 Å². The van der Waals surface area contributed by atoms with Crippen molar-refractivity contribution < 1.29 is 19.0 Å². The van der Waals surface area contributed by atoms with Crippen molar-refractivity contribution in [3.05, 3.63) is 53.6 Å². The lowest BCUT2D eigenvalue weighted by Gasteiger charge is -2.12. The topological polar surface area (TPSA) is 107 Å². The molecule has 2 aromatic rings. The highest BCUT2D eigenvalue weighted by Gasteiger charge is 2.10. The van der Waals surface area contributed by atoms with Crippen LogP contribution in [0, 0.1) is 5.41 Å². The molecule has 150 valence electrons. The first kappa shape index (κ1) is 21.1. The van der Waals surface area contributed by atoms with Crippen LogP contribution in [0.25, 0.3) is 0 Å². The van der Waals surface area contributed by atoms with Crippen LogP contribution in [-0.4, -0.2) is 39.1 Å². The summed E-state index contributed by atoms with van der Waals surface area (Å²) in [7, 11) is 3.14. The van der Waals surface area contributed by atoms with E-state index >= 15 is 0 Å². The molecule has 28 heavy (non-hydrogen) atoms. The Bertz CT molecular complexity index is 791. The number of benzene rings is 2. The molecule has 0 saturated heterocycles. The zero-order chi connectivity index (χ0) is 20.4. The van der Waals surface area contributed by atoms with Gasteiger partial charge in [-0.1, -0.05) is 0 Å². The largest absolute Gasteiger partial charge is 0.494 e. The number of methoxy groups -OCH3 is 1. The quantitative estimate of drug-likeness (QED) is 0.313. The summed E-state index contributed by atoms with van der Waals surface area (Å²) in [5.41, 5.74) is 6.64. The van der Waals surface area contributed by atoms with Crippen LogP contribution in [0.2, 0.25) is 0 Å². The maximum Gasteiger partial charge on any atom is 0.251 e. The molecule has 0 heterocycles. The van der Waals surface area contributed by atoms with Crippen LogP contribution >= 0.6 is 0 Å². The molecule has 0 radical (unpaired) electrons. The molecule has 0 bridgehead atoms. The van der Waals surface area contributed by atoms with Crippen molar-refractivity contribution in [1.29, 1.82) is 5.41 Å². The summed E-state index contributed by atoms with van der Waals surface area (Å²) in [5.74, 6) is 1.81. The second-order valence-electron chi connectivity index (χ2n) is 6.14. The Morgan fingerprint density at radius 3 is 2.21 bits per heavy atom. The van der Waals surface area contributed by atoms with Gasteiger partial charge in [0.25, 0.3) is 5.91 Å². The summed E-state index contributed by atoms with van der Waals surface area (Å²) in [6.45, 7) is 1.17. The first-order chi connectivity index (χ1) is 13.5. The van der Waals surface area contributed by atoms with Gasteiger partial charge in [-0.2, -0.15) is 0 Å². The fourth-order valence-electron chi connectivity index (χ4n) is 2.56. The molecular formula is C21H27N3O4. The van der Waals surface area contributed by atoms with E-state index in [1.807, 2.05) is 12.1 Å². The third-order valence-electron chi connectivity index (χ3n) is 4.13. The van der Waals surface area contributed by atoms with Gasteiger partial charge in [0.15, 0.2) is 11.5 Å². The molecular weight excluding hydrogens is 358 g/mol. The molecule has 0 aliphatic carbocycles. The number of unbranched alkanes of at least 4 members (excludes halogenated alkanes) is 2. The summed E-state index contributed by atoms with van der Waals surface area (Å²) in [6.07, 6.45) is 2.75. The Kier molecular flexibility index (Phi) is 8.14. The van der Waals surface area contributed by atoms with Gasteiger partial charge in [-0.25, -0.2) is 0 Å². The zero-order valence-electron chi connectivity index (χ0n) is 16.3. The molecule has 2 rings (SSSR count). The molecule has 0 saturated carbocycles. The lowest BCUT2D eigenvalue weighted by Crippen LogP contribution is -2.17. The van der Waals surface area contributed by atoms with Crippen LogP contribution in [0.1, 0.15) is 35.2 Å². The SMILES string of the molecule is CNC(=O)c1ccc(OCCCCCOc2ccc(C(=N)N)cc2)c(OC)c1. The Morgan fingerprint density at radius 2 is 1.61 bits per heavy atom. The second kappa shape index (κ2) is 10.8. The van der Waals surface area contributed by atoms with Crippen molar-refractivity contribution in [2.24, 2.45) is 5.73 Å². The Hall–Kier alpha value is -3.22. The maximum atomic E-state index is 11.7. The lowest BCUT2D eigenvalue weighted by atomic mass is 10.2. The van der Waals surface area contributed by atoms with Crippen molar-refractivity contribution in [1.82, 2.24) is 5.32 Å². The second-order valence-corrected chi connectivity index (χ2v) is 6.14. The van der Waals surface area contributed by atoms with Crippen LogP contribution in [0.4, 0.5) is 0 Å². The van der Waals surface area contributed by atoms with E-state index in [0.717, 1.165) is 25.0 Å². The normalized spacial score (nSPS) is 10.2. The number of nitrogens with two attached hydrogens (primary N) is 1. The number of nitrogens with one attached hydrogen (secondary N) is 2. The fraction of sp³-hybridized carbons (Fsp3) is 0.333. The molecule has 0 spiro atoms. The predicted octanol–water partition coefficient (Wildman–Crippen LogP) is 2.97. The van der Waals surface area contributed by atoms with Crippen LogP contribution in [-0.2, 0) is 0 Å². The number of ether oxygens (including phenoxy) is 3. The van der Waals surface area contributed by atoms with E-state index in [-0.39, 0.29) is 11.7 Å². The molecule has 0 atom stereocenters. The summed E-state index contributed by atoms with van der Waals surface area (Å²) < 4.78 is 16.7. The molecule has 0 fully saturated rings. The van der Waals surface area contributed by atoms with E-state index in [4.69, 9.17) is 25.4 Å². The van der Waals surface area contributed by atoms with Crippen molar-refractivity contribution in [2.45, 2.75) is 19.3 Å². The van der Waals surface area contributed by atoms with Crippen molar-refractivity contribution in [2.75, 3.05) is 27.4 Å². The van der Waals surface area contributed by atoms with E-state index < -0.39 is 0 Å². The molecule has 1 amide bonds. The Balaban J connectivity index is 1.67. The molecule has 0 unspecified atom stereocenters. The van der Waals surface area contributed by atoms with Crippen LogP contribution in [0.3, 0.4) is 0 Å². The van der Waals surface area contributed by atoms with Gasteiger partial charge in [0.1, 0.15) is 11.6 Å². The minimum atomic E-state index is -0.166. The van der Waals surface area contributed by atoms with Gasteiger partial charge in [-0.3, -0.25) is 10.2 Å². The van der Waals surface area contributed by atoms with Crippen LogP contribution in [0.15, 0.2) is 42.5 Å². The van der Waals surface area contributed by atoms with Gasteiger partial charge in [-0.15, -0.1) is 0 Å². The van der Waals surface area contributed by atoms with Crippen molar-refractivity contribution in [3.63, 3.8) is 0 Å². The summed E-state index contributed by atoms with van der Waals surface area (Å²) >= 11 is 0. The molecule has 0 aromatic heterocycles. The van der Waals surface area contributed by atoms with Gasteiger partial charge in [0, 0.05) is 18.2 Å². The monoisotopic (exact) mass is 385 g/mol. The average molecular weight is 385 g/mol. The summed E-state index contributed by atoms with van der Waals surface area (Å²) in [6, 6.07) is 12.3. The van der Waals surface area contributed by atoms with E-state index in [1.165, 1.54) is 0 Å². The molecule has 7 nitrogen and oxygen atoms in total. The van der Waals surface area contributed by atoms with Crippen LogP contribution < -0.4 is 25.3 Å². The number of hydrogen-bond acceptors (Lipinski definition) is 5.